The van der Waals surface area contributed by atoms with Gasteiger partial charge in [-0.1, -0.05) is 68.7 Å². The van der Waals surface area contributed by atoms with Crippen LogP contribution in [0.2, 0.25) is 0 Å². The Morgan fingerprint density at radius 3 is 1.37 bits per heavy atom. The normalized spacial score (nSPS) is 14.9. The maximum atomic E-state index is 8.24. The molecule has 1 atom stereocenters. The molecule has 8 rings (SSSR count). The highest BCUT2D eigenvalue weighted by Crippen LogP contribution is 2.30. The Labute approximate surface area is 440 Å². The molecule has 0 bridgehead atoms. The molecule has 70 heavy (non-hydrogen) atoms. The first-order chi connectivity index (χ1) is 37.7. The van der Waals surface area contributed by atoms with Crippen LogP contribution in [0.3, 0.4) is 0 Å². The van der Waals surface area contributed by atoms with Crippen LogP contribution < -0.4 is 18.3 Å². The molecule has 4 aromatic heterocycles. The number of benzene rings is 4. The van der Waals surface area contributed by atoms with Gasteiger partial charge in [0.05, 0.1) is 0 Å². The van der Waals surface area contributed by atoms with Crippen LogP contribution in [0.4, 0.5) is 0 Å². The maximum Gasteiger partial charge on any atom is 0.215 e. The van der Waals surface area contributed by atoms with E-state index in [0.717, 1.165) is 56.0 Å². The Morgan fingerprint density at radius 1 is 0.443 bits per heavy atom. The van der Waals surface area contributed by atoms with Crippen molar-refractivity contribution in [3.8, 4) is 45.0 Å². The second kappa shape index (κ2) is 23.9. The van der Waals surface area contributed by atoms with Gasteiger partial charge in [-0.25, -0.2) is 18.3 Å². The standard InChI is InChI=1S/C18H24N.C17H22N.C16H20N.C15H18N/c1-12(2)16-7-8-17(14(4)11-16)18-15(5)13(3)9-10-19(18)6;1-6-15-7-8-16(13(3)11-15)17-14(4)12(2)9-10-18(17)5;1-11-6-7-15(13(3)10-11)16-14(4)12(2)8-9-17(16)5;1-11-9-13(3)14(10-12(11)2)15-7-5-6-8-16(15)4/h7-12H,1-6H3;7-11H,6H2,1-5H3;6-10H,1-5H3;5-10H,1-4H3/q4*+1/i1D3,12D;1D3,6D2;1D3;. The van der Waals surface area contributed by atoms with Crippen molar-refractivity contribution >= 4 is 0 Å². The SMILES string of the molecule is Cc1cc(C)c(-c2cccc[n+]2C)cc1C.[2H]C([2H])([2H])C([2H])(C)c1ccc(-c2c(C)c(C)cc[n+]2C)c(C)c1.[2H]C([2H])([2H])C([2H])([2H])c1ccc(-c2c(C)c(C)cc[n+]2C)c(C)c1.[2H]C([2H])([2H])c1ccc(-c2c(C)c(C)cc[n+]2C)c(C)c1. The zero-order chi connectivity index (χ0) is 61.9. The molecule has 4 aromatic carbocycles. The largest absolute Gasteiger partial charge is 0.215 e. The topological polar surface area (TPSA) is 15.5 Å². The molecule has 4 heteroatoms. The van der Waals surface area contributed by atoms with Crippen molar-refractivity contribution in [1.82, 2.24) is 0 Å². The van der Waals surface area contributed by atoms with Crippen molar-refractivity contribution < 1.29 is 34.7 Å². The number of hydrogen-bond acceptors (Lipinski definition) is 0. The van der Waals surface area contributed by atoms with Gasteiger partial charge in [0.25, 0.3) is 0 Å². The van der Waals surface area contributed by atoms with E-state index in [2.05, 4.69) is 138 Å². The number of rotatable bonds is 6. The summed E-state index contributed by atoms with van der Waals surface area (Å²) in [6, 6.07) is 33.0. The molecule has 1 unspecified atom stereocenters. The third-order valence-electron chi connectivity index (χ3n) is 13.7. The molecule has 0 fully saturated rings. The summed E-state index contributed by atoms with van der Waals surface area (Å²) < 4.78 is 99.9. The zero-order valence-corrected chi connectivity index (χ0v) is 44.9. The second-order valence-electron chi connectivity index (χ2n) is 19.0. The summed E-state index contributed by atoms with van der Waals surface area (Å²) in [5.41, 5.74) is 24.2. The van der Waals surface area contributed by atoms with Gasteiger partial charge in [-0.3, -0.25) is 0 Å². The Kier molecular flexibility index (Phi) is 13.4. The molecule has 8 aromatic rings. The lowest BCUT2D eigenvalue weighted by Crippen LogP contribution is -2.32. The minimum Gasteiger partial charge on any atom is -0.201 e. The number of hydrogen-bond donors (Lipinski definition) is 0. The molecule has 0 amide bonds. The highest BCUT2D eigenvalue weighted by Gasteiger charge is 2.20. The quantitative estimate of drug-likeness (QED) is 0.148. The molecular formula is C66H84N4+4. The van der Waals surface area contributed by atoms with Gasteiger partial charge in [-0.05, 0) is 194 Å². The summed E-state index contributed by atoms with van der Waals surface area (Å²) >= 11 is 0. The van der Waals surface area contributed by atoms with Gasteiger partial charge in [0.15, 0.2) is 24.8 Å². The Hall–Kier alpha value is -6.52. The van der Waals surface area contributed by atoms with Crippen LogP contribution in [0.1, 0.15) is 126 Å². The van der Waals surface area contributed by atoms with Gasteiger partial charge in [-0.15, -0.1) is 0 Å². The lowest BCUT2D eigenvalue weighted by molar-refractivity contribution is -0.660. The summed E-state index contributed by atoms with van der Waals surface area (Å²) in [6.07, 6.45) is 5.79. The monoisotopic (exact) mass is 945 g/mol. The molecule has 4 heterocycles. The van der Waals surface area contributed by atoms with Gasteiger partial charge in [0, 0.05) is 85.7 Å². The van der Waals surface area contributed by atoms with Crippen LogP contribution in [0.25, 0.3) is 45.0 Å². The van der Waals surface area contributed by atoms with E-state index in [4.69, 9.17) is 16.4 Å². The molecule has 0 N–H and O–H groups in total. The fourth-order valence-corrected chi connectivity index (χ4v) is 8.94. The lowest BCUT2D eigenvalue weighted by Gasteiger charge is -2.12. The number of nitrogens with zero attached hydrogens (tertiary/aromatic N) is 4. The average molecular weight is 945 g/mol. The minimum absolute atomic E-state index is 0.187. The first-order valence-corrected chi connectivity index (χ1v) is 24.0. The van der Waals surface area contributed by atoms with Crippen molar-refractivity contribution in [1.29, 1.82) is 0 Å². The van der Waals surface area contributed by atoms with E-state index < -0.39 is 32.8 Å². The van der Waals surface area contributed by atoms with Gasteiger partial charge >= 0.3 is 0 Å². The van der Waals surface area contributed by atoms with Crippen molar-refractivity contribution in [2.45, 2.75) is 123 Å². The predicted molar refractivity (Wildman–Crippen MR) is 297 cm³/mol. The van der Waals surface area contributed by atoms with Crippen molar-refractivity contribution in [3.63, 3.8) is 0 Å². The summed E-state index contributed by atoms with van der Waals surface area (Å²) in [4.78, 5) is 0. The molecule has 0 saturated heterocycles. The van der Waals surface area contributed by atoms with Crippen molar-refractivity contribution in [2.75, 3.05) is 0 Å². The first-order valence-electron chi connectivity index (χ1n) is 30.0. The summed E-state index contributed by atoms with van der Waals surface area (Å²) in [6.45, 7) is 19.1. The molecule has 0 aliphatic carbocycles. The third kappa shape index (κ3) is 12.8. The molecule has 0 radical (unpaired) electrons. The van der Waals surface area contributed by atoms with Gasteiger partial charge in [0.2, 0.25) is 22.8 Å². The summed E-state index contributed by atoms with van der Waals surface area (Å²) in [7, 11) is 8.08. The van der Waals surface area contributed by atoms with Gasteiger partial charge in [0.1, 0.15) is 28.2 Å². The fraction of sp³-hybridized carbons (Fsp3) is 0.333. The Bertz CT molecular complexity index is 3500. The van der Waals surface area contributed by atoms with E-state index in [9.17, 15) is 0 Å². The van der Waals surface area contributed by atoms with Crippen LogP contribution in [0, 0.1) is 89.9 Å². The van der Waals surface area contributed by atoms with E-state index >= 15 is 0 Å². The molecule has 0 aliphatic heterocycles. The molecule has 0 spiro atoms. The minimum atomic E-state index is -2.69. The van der Waals surface area contributed by atoms with Crippen molar-refractivity contribution in [3.05, 3.63) is 211 Å². The van der Waals surface area contributed by atoms with Gasteiger partial charge < -0.3 is 0 Å². The summed E-state index contributed by atoms with van der Waals surface area (Å²) in [5.74, 6) is -1.61. The summed E-state index contributed by atoms with van der Waals surface area (Å²) in [5, 5.41) is 0. The van der Waals surface area contributed by atoms with Crippen molar-refractivity contribution in [2.24, 2.45) is 28.2 Å². The van der Waals surface area contributed by atoms with Crippen LogP contribution >= 0.6 is 0 Å². The highest BCUT2D eigenvalue weighted by atomic mass is 14.9. The average Bonchev–Trinajstić information content (AvgIpc) is 3.44. The Balaban J connectivity index is 0.000000202. The molecule has 4 nitrogen and oxygen atoms in total. The third-order valence-corrected chi connectivity index (χ3v) is 13.7. The van der Waals surface area contributed by atoms with E-state index in [1.54, 1.807) is 30.3 Å². The fourth-order valence-electron chi connectivity index (χ4n) is 8.94. The predicted octanol–water partition coefficient (Wildman–Crippen LogP) is 14.4. The van der Waals surface area contributed by atoms with E-state index in [0.29, 0.717) is 11.1 Å². The van der Waals surface area contributed by atoms with E-state index in [-0.39, 0.29) is 5.56 Å². The number of aromatic nitrogens is 4. The van der Waals surface area contributed by atoms with E-state index in [1.165, 1.54) is 62.7 Å². The van der Waals surface area contributed by atoms with Crippen LogP contribution in [-0.4, -0.2) is 0 Å². The Morgan fingerprint density at radius 2 is 0.914 bits per heavy atom. The number of pyridine rings is 4. The molecular weight excluding hydrogens is 849 g/mol. The first kappa shape index (κ1) is 39.2. The smallest absolute Gasteiger partial charge is 0.201 e. The second-order valence-corrected chi connectivity index (χ2v) is 19.0. The van der Waals surface area contributed by atoms with E-state index in [1.807, 2.05) is 89.3 Å². The number of aryl methyl sites for hydroxylation is 15. The molecule has 364 valence electrons. The van der Waals surface area contributed by atoms with Crippen LogP contribution in [0.15, 0.2) is 128 Å². The lowest BCUT2D eigenvalue weighted by atomic mass is 9.94. The van der Waals surface area contributed by atoms with Gasteiger partial charge in [-0.2, -0.15) is 0 Å². The van der Waals surface area contributed by atoms with Crippen LogP contribution in [-0.2, 0) is 34.6 Å². The molecule has 0 aliphatic rings. The van der Waals surface area contributed by atoms with Crippen LogP contribution in [0.5, 0.6) is 0 Å². The maximum absolute atomic E-state index is 8.24. The highest BCUT2D eigenvalue weighted by molar-refractivity contribution is 5.68. The zero-order valence-electron chi connectivity index (χ0n) is 56.9. The molecule has 0 saturated carbocycles.